The summed E-state index contributed by atoms with van der Waals surface area (Å²) >= 11 is 0. The summed E-state index contributed by atoms with van der Waals surface area (Å²) < 4.78 is 18.3. The van der Waals surface area contributed by atoms with Crippen molar-refractivity contribution in [3.8, 4) is 5.88 Å². The molecule has 1 saturated heterocycles. The first-order valence-electron chi connectivity index (χ1n) is 13.0. The quantitative estimate of drug-likeness (QED) is 0.456. The molecule has 11 nitrogen and oxygen atoms in total. The van der Waals surface area contributed by atoms with Crippen LogP contribution in [-0.4, -0.2) is 62.8 Å². The van der Waals surface area contributed by atoms with E-state index in [1.807, 2.05) is 0 Å². The summed E-state index contributed by atoms with van der Waals surface area (Å²) in [5.74, 6) is 0.423. The number of nitrogens with one attached hydrogen (secondary N) is 1. The van der Waals surface area contributed by atoms with Crippen LogP contribution in [0.1, 0.15) is 76.0 Å². The lowest BCUT2D eigenvalue weighted by atomic mass is 9.75. The van der Waals surface area contributed by atoms with E-state index in [0.717, 1.165) is 12.8 Å². The zero-order chi connectivity index (χ0) is 26.9. The highest BCUT2D eigenvalue weighted by atomic mass is 16.6. The average Bonchev–Trinajstić information content (AvgIpc) is 3.36. The zero-order valence-corrected chi connectivity index (χ0v) is 22.1. The summed E-state index contributed by atoms with van der Waals surface area (Å²) in [5, 5.41) is 2.95. The Hall–Kier alpha value is -3.55. The van der Waals surface area contributed by atoms with Crippen LogP contribution in [0, 0.1) is 31.2 Å². The number of aromatic nitrogens is 3. The minimum atomic E-state index is -0.653. The number of hydrogen-bond acceptors (Lipinski definition) is 7. The van der Waals surface area contributed by atoms with Crippen molar-refractivity contribution in [3.63, 3.8) is 0 Å². The summed E-state index contributed by atoms with van der Waals surface area (Å²) in [7, 11) is 0. The number of nitrogens with zero attached hydrogens (tertiary/aromatic N) is 4. The second-order valence-electron chi connectivity index (χ2n) is 10.4. The third-order valence-electron chi connectivity index (χ3n) is 7.33. The molecule has 0 bridgehead atoms. The molecule has 0 radical (unpaired) electrons. The van der Waals surface area contributed by atoms with E-state index in [-0.39, 0.29) is 52.8 Å². The minimum absolute atomic E-state index is 0.00893. The zero-order valence-electron chi connectivity index (χ0n) is 22.1. The predicted octanol–water partition coefficient (Wildman–Crippen LogP) is 4.67. The first-order chi connectivity index (χ1) is 17.6. The highest BCUT2D eigenvalue weighted by Gasteiger charge is 2.37. The standard InChI is InChI=1S/C26H35N5O6/c1-7-19(32)35-18-8-10-30(11-9-18)26(34)37-24-21(27-6)20(23-28-17(5)29-31(23)24)25(33)36-22-15(3)12-14(2)13-16(22)4/h14-16,18,22H,7-13H2,1-5H3,(H,28,29). The van der Waals surface area contributed by atoms with Gasteiger partial charge in [0.05, 0.1) is 6.57 Å². The molecule has 2 unspecified atom stereocenters. The van der Waals surface area contributed by atoms with Gasteiger partial charge in [-0.3, -0.25) is 9.89 Å². The number of piperidine rings is 1. The molecule has 4 rings (SSSR count). The molecule has 2 atom stereocenters. The van der Waals surface area contributed by atoms with E-state index in [4.69, 9.17) is 20.8 Å². The first-order valence-corrected chi connectivity index (χ1v) is 13.0. The summed E-state index contributed by atoms with van der Waals surface area (Å²) in [4.78, 5) is 47.4. The van der Waals surface area contributed by atoms with Gasteiger partial charge in [-0.25, -0.2) is 23.9 Å². The lowest BCUT2D eigenvalue weighted by Crippen LogP contribution is -2.42. The molecule has 2 aromatic rings. The SMILES string of the molecule is [C-]#[N+]c1c(C(=O)OC2C(C)CC(C)CC2C)c2nc(C)[nH]n2c1OC(=O)N1CCC(OC(=O)CC)CC1. The van der Waals surface area contributed by atoms with Gasteiger partial charge >= 0.3 is 18.0 Å². The lowest BCUT2D eigenvalue weighted by Gasteiger charge is -2.37. The summed E-state index contributed by atoms with van der Waals surface area (Å²) in [6, 6.07) is 0. The fourth-order valence-corrected chi connectivity index (χ4v) is 5.65. The van der Waals surface area contributed by atoms with E-state index >= 15 is 0 Å². The van der Waals surface area contributed by atoms with Gasteiger partial charge in [0.25, 0.3) is 5.69 Å². The minimum Gasteiger partial charge on any atom is -0.462 e. The molecule has 2 aromatic heterocycles. The fraction of sp³-hybridized carbons (Fsp3) is 0.654. The van der Waals surface area contributed by atoms with E-state index in [1.54, 1.807) is 13.8 Å². The monoisotopic (exact) mass is 513 g/mol. The van der Waals surface area contributed by atoms with Crippen LogP contribution in [-0.2, 0) is 14.3 Å². The van der Waals surface area contributed by atoms with E-state index in [0.29, 0.717) is 44.1 Å². The van der Waals surface area contributed by atoms with Gasteiger partial charge in [0.15, 0.2) is 5.65 Å². The Balaban J connectivity index is 1.55. The van der Waals surface area contributed by atoms with E-state index in [1.165, 1.54) is 9.42 Å². The number of aromatic amines is 1. The number of likely N-dealkylation sites (tertiary alicyclic amines) is 1. The molecule has 0 aromatic carbocycles. The molecule has 11 heteroatoms. The maximum absolute atomic E-state index is 13.4. The molecule has 2 aliphatic rings. The summed E-state index contributed by atoms with van der Waals surface area (Å²) in [6.07, 6.45) is 2.06. The molecule has 3 heterocycles. The molecule has 1 aliphatic heterocycles. The molecule has 0 spiro atoms. The number of aryl methyl sites for hydroxylation is 1. The van der Waals surface area contributed by atoms with Crippen LogP contribution in [0.5, 0.6) is 5.88 Å². The summed E-state index contributed by atoms with van der Waals surface area (Å²) in [6.45, 7) is 18.3. The number of carbonyl (C=O) groups excluding carboxylic acids is 3. The number of ether oxygens (including phenoxy) is 3. The molecular weight excluding hydrogens is 478 g/mol. The number of esters is 2. The number of carbonyl (C=O) groups is 3. The molecular formula is C26H35N5O6. The summed E-state index contributed by atoms with van der Waals surface area (Å²) in [5.41, 5.74) is 0.0599. The second kappa shape index (κ2) is 10.8. The van der Waals surface area contributed by atoms with E-state index < -0.39 is 12.1 Å². The molecule has 2 fully saturated rings. The lowest BCUT2D eigenvalue weighted by molar-refractivity contribution is -0.150. The van der Waals surface area contributed by atoms with Crippen LogP contribution in [0.15, 0.2) is 0 Å². The molecule has 37 heavy (non-hydrogen) atoms. The van der Waals surface area contributed by atoms with Crippen molar-refractivity contribution in [2.75, 3.05) is 13.1 Å². The first kappa shape index (κ1) is 26.5. The number of hydrogen-bond donors (Lipinski definition) is 1. The predicted molar refractivity (Wildman–Crippen MR) is 133 cm³/mol. The Kier molecular flexibility index (Phi) is 7.76. The van der Waals surface area contributed by atoms with Crippen molar-refractivity contribution in [3.05, 3.63) is 22.8 Å². The van der Waals surface area contributed by atoms with Gasteiger partial charge in [0.1, 0.15) is 23.6 Å². The van der Waals surface area contributed by atoms with Gasteiger partial charge < -0.3 is 19.1 Å². The van der Waals surface area contributed by atoms with Crippen molar-refractivity contribution < 1.29 is 28.6 Å². The van der Waals surface area contributed by atoms with Crippen molar-refractivity contribution >= 4 is 29.4 Å². The van der Waals surface area contributed by atoms with E-state index in [2.05, 4.69) is 35.7 Å². The van der Waals surface area contributed by atoms with Crippen LogP contribution in [0.25, 0.3) is 10.5 Å². The second-order valence-corrected chi connectivity index (χ2v) is 10.4. The van der Waals surface area contributed by atoms with Crippen molar-refractivity contribution in [1.82, 2.24) is 19.5 Å². The number of fused-ring (bicyclic) bond motifs is 1. The van der Waals surface area contributed by atoms with Crippen LogP contribution in [0.3, 0.4) is 0 Å². The molecule has 1 aliphatic carbocycles. The van der Waals surface area contributed by atoms with Crippen LogP contribution in [0.2, 0.25) is 0 Å². The van der Waals surface area contributed by atoms with Crippen molar-refractivity contribution in [2.24, 2.45) is 17.8 Å². The van der Waals surface area contributed by atoms with Gasteiger partial charge in [-0.05, 0) is 37.5 Å². The Morgan fingerprint density at radius 2 is 1.76 bits per heavy atom. The van der Waals surface area contributed by atoms with Gasteiger partial charge in [-0.2, -0.15) is 0 Å². The van der Waals surface area contributed by atoms with Gasteiger partial charge in [-0.1, -0.05) is 27.7 Å². The largest absolute Gasteiger partial charge is 0.462 e. The highest BCUT2D eigenvalue weighted by Crippen LogP contribution is 2.40. The van der Waals surface area contributed by atoms with Crippen LogP contribution in [0.4, 0.5) is 10.5 Å². The molecule has 1 N–H and O–H groups in total. The third-order valence-corrected chi connectivity index (χ3v) is 7.33. The van der Waals surface area contributed by atoms with Crippen LogP contribution < -0.4 is 4.74 Å². The third kappa shape index (κ3) is 5.43. The molecule has 1 saturated carbocycles. The maximum atomic E-state index is 13.4. The van der Waals surface area contributed by atoms with E-state index in [9.17, 15) is 14.4 Å². The van der Waals surface area contributed by atoms with Gasteiger partial charge in [0, 0.05) is 32.4 Å². The van der Waals surface area contributed by atoms with Crippen molar-refractivity contribution in [2.45, 2.75) is 78.9 Å². The highest BCUT2D eigenvalue weighted by molar-refractivity contribution is 6.05. The normalized spacial score (nSPS) is 24.5. The maximum Gasteiger partial charge on any atom is 0.415 e. The number of H-pyrrole nitrogens is 1. The average molecular weight is 514 g/mol. The van der Waals surface area contributed by atoms with Gasteiger partial charge in [0.2, 0.25) is 5.88 Å². The van der Waals surface area contributed by atoms with Gasteiger partial charge in [-0.15, -0.1) is 0 Å². The Morgan fingerprint density at radius 3 is 2.35 bits per heavy atom. The smallest absolute Gasteiger partial charge is 0.415 e. The topological polar surface area (TPSA) is 120 Å². The van der Waals surface area contributed by atoms with Crippen molar-refractivity contribution in [1.29, 1.82) is 0 Å². The number of rotatable bonds is 5. The molecule has 200 valence electrons. The Morgan fingerprint density at radius 1 is 1.11 bits per heavy atom. The Bertz CT molecular complexity index is 1210. The molecule has 1 amide bonds. The Labute approximate surface area is 216 Å². The number of amides is 1. The van der Waals surface area contributed by atoms with Crippen LogP contribution >= 0.6 is 0 Å². The fourth-order valence-electron chi connectivity index (χ4n) is 5.65.